The van der Waals surface area contributed by atoms with Crippen molar-refractivity contribution in [2.24, 2.45) is 0 Å². The molecule has 0 aromatic rings. The van der Waals surface area contributed by atoms with E-state index in [1.165, 1.54) is 14.0 Å². The Bertz CT molecular complexity index is 158. The molecule has 0 aromatic heterocycles. The van der Waals surface area contributed by atoms with Gasteiger partial charge in [0.25, 0.3) is 0 Å². The van der Waals surface area contributed by atoms with Crippen LogP contribution in [0.25, 0.3) is 0 Å². The number of rotatable bonds is 7. The Morgan fingerprint density at radius 3 is 2.57 bits per heavy atom. The van der Waals surface area contributed by atoms with Gasteiger partial charge in [0.2, 0.25) is 0 Å². The fourth-order valence-corrected chi connectivity index (χ4v) is 1.23. The zero-order valence-electron chi connectivity index (χ0n) is 9.16. The van der Waals surface area contributed by atoms with Crippen LogP contribution in [0.3, 0.4) is 0 Å². The lowest BCUT2D eigenvalue weighted by Gasteiger charge is -2.21. The second-order valence-corrected chi connectivity index (χ2v) is 3.31. The molecular formula is C10H20O4. The van der Waals surface area contributed by atoms with Gasteiger partial charge in [0.05, 0.1) is 6.61 Å². The van der Waals surface area contributed by atoms with Crippen molar-refractivity contribution in [1.82, 2.24) is 0 Å². The lowest BCUT2D eigenvalue weighted by molar-refractivity contribution is -0.154. The summed E-state index contributed by atoms with van der Waals surface area (Å²) in [6, 6.07) is 0. The van der Waals surface area contributed by atoms with Crippen LogP contribution in [0.5, 0.6) is 0 Å². The van der Waals surface area contributed by atoms with E-state index in [4.69, 9.17) is 9.47 Å². The van der Waals surface area contributed by atoms with Crippen LogP contribution < -0.4 is 0 Å². The first-order valence-electron chi connectivity index (χ1n) is 4.96. The number of ether oxygens (including phenoxy) is 2. The minimum absolute atomic E-state index is 0.196. The van der Waals surface area contributed by atoms with Crippen LogP contribution in [0.2, 0.25) is 0 Å². The number of esters is 1. The van der Waals surface area contributed by atoms with Crippen molar-refractivity contribution in [3.63, 3.8) is 0 Å². The molecule has 1 N–H and O–H groups in total. The van der Waals surface area contributed by atoms with Crippen LogP contribution in [0.1, 0.15) is 33.1 Å². The van der Waals surface area contributed by atoms with Crippen molar-refractivity contribution in [3.05, 3.63) is 0 Å². The summed E-state index contributed by atoms with van der Waals surface area (Å²) in [5.74, 6) is -0.360. The van der Waals surface area contributed by atoms with Gasteiger partial charge in [-0.05, 0) is 12.8 Å². The number of aliphatic hydroxyl groups excluding tert-OH is 1. The van der Waals surface area contributed by atoms with Crippen LogP contribution >= 0.6 is 0 Å². The number of hydrogen-bond acceptors (Lipinski definition) is 4. The fourth-order valence-electron chi connectivity index (χ4n) is 1.23. The molecule has 0 aliphatic heterocycles. The minimum Gasteiger partial charge on any atom is -0.460 e. The SMILES string of the molecule is CCCCC(OC(C)=O)C(O)COC. The highest BCUT2D eigenvalue weighted by Crippen LogP contribution is 2.10. The van der Waals surface area contributed by atoms with E-state index < -0.39 is 12.2 Å². The number of carbonyl (C=O) groups excluding carboxylic acids is 1. The topological polar surface area (TPSA) is 55.8 Å². The number of aliphatic hydroxyl groups is 1. The lowest BCUT2D eigenvalue weighted by atomic mass is 10.1. The number of methoxy groups -OCH3 is 1. The number of unbranched alkanes of at least 4 members (excludes halogenated alkanes) is 1. The average molecular weight is 204 g/mol. The van der Waals surface area contributed by atoms with E-state index in [1.54, 1.807) is 0 Å². The molecule has 14 heavy (non-hydrogen) atoms. The quantitative estimate of drug-likeness (QED) is 0.631. The lowest BCUT2D eigenvalue weighted by Crippen LogP contribution is -2.34. The Morgan fingerprint density at radius 1 is 1.50 bits per heavy atom. The minimum atomic E-state index is -0.726. The van der Waals surface area contributed by atoms with E-state index in [1.807, 2.05) is 6.92 Å². The van der Waals surface area contributed by atoms with Crippen molar-refractivity contribution in [3.8, 4) is 0 Å². The summed E-state index contributed by atoms with van der Waals surface area (Å²) in [6.45, 7) is 3.59. The molecule has 0 radical (unpaired) electrons. The summed E-state index contributed by atoms with van der Waals surface area (Å²) in [5, 5.41) is 9.58. The third-order valence-corrected chi connectivity index (χ3v) is 1.93. The molecule has 0 bridgehead atoms. The molecule has 0 amide bonds. The van der Waals surface area contributed by atoms with E-state index in [0.29, 0.717) is 6.42 Å². The first kappa shape index (κ1) is 13.4. The first-order valence-corrected chi connectivity index (χ1v) is 4.96. The van der Waals surface area contributed by atoms with Gasteiger partial charge < -0.3 is 14.6 Å². The normalized spacial score (nSPS) is 14.9. The summed E-state index contributed by atoms with van der Waals surface area (Å²) in [5.41, 5.74) is 0. The van der Waals surface area contributed by atoms with E-state index >= 15 is 0 Å². The summed E-state index contributed by atoms with van der Waals surface area (Å²) < 4.78 is 9.80. The third-order valence-electron chi connectivity index (χ3n) is 1.93. The maximum Gasteiger partial charge on any atom is 0.302 e. The summed E-state index contributed by atoms with van der Waals surface area (Å²) in [4.78, 5) is 10.8. The Hall–Kier alpha value is -0.610. The first-order chi connectivity index (χ1) is 6.61. The highest BCUT2D eigenvalue weighted by atomic mass is 16.6. The largest absolute Gasteiger partial charge is 0.460 e. The van der Waals surface area contributed by atoms with E-state index in [0.717, 1.165) is 12.8 Å². The molecule has 0 aliphatic carbocycles. The Kier molecular flexibility index (Phi) is 7.42. The Morgan fingerprint density at radius 2 is 2.14 bits per heavy atom. The van der Waals surface area contributed by atoms with Gasteiger partial charge in [-0.2, -0.15) is 0 Å². The molecule has 0 saturated carbocycles. The van der Waals surface area contributed by atoms with Crippen molar-refractivity contribution in [2.75, 3.05) is 13.7 Å². The van der Waals surface area contributed by atoms with E-state index in [2.05, 4.69) is 0 Å². The Balaban J connectivity index is 4.00. The molecule has 0 spiro atoms. The van der Waals surface area contributed by atoms with Crippen LogP contribution in [-0.2, 0) is 14.3 Å². The summed E-state index contributed by atoms with van der Waals surface area (Å²) in [6.07, 6.45) is 1.46. The van der Waals surface area contributed by atoms with Gasteiger partial charge in [0, 0.05) is 14.0 Å². The van der Waals surface area contributed by atoms with Crippen LogP contribution in [0.4, 0.5) is 0 Å². The van der Waals surface area contributed by atoms with Gasteiger partial charge in [-0.25, -0.2) is 0 Å². The van der Waals surface area contributed by atoms with Crippen LogP contribution in [0.15, 0.2) is 0 Å². The van der Waals surface area contributed by atoms with Gasteiger partial charge in [-0.1, -0.05) is 13.3 Å². The molecule has 4 nitrogen and oxygen atoms in total. The summed E-state index contributed by atoms with van der Waals surface area (Å²) >= 11 is 0. The predicted molar refractivity (Wildman–Crippen MR) is 53.0 cm³/mol. The number of hydrogen-bond donors (Lipinski definition) is 1. The monoisotopic (exact) mass is 204 g/mol. The van der Waals surface area contributed by atoms with Gasteiger partial charge in [-0.15, -0.1) is 0 Å². The molecule has 0 heterocycles. The van der Waals surface area contributed by atoms with Gasteiger partial charge in [0.15, 0.2) is 0 Å². The number of carbonyl (C=O) groups is 1. The van der Waals surface area contributed by atoms with E-state index in [-0.39, 0.29) is 12.6 Å². The Labute approximate surface area is 85.2 Å². The van der Waals surface area contributed by atoms with Crippen molar-refractivity contribution in [2.45, 2.75) is 45.3 Å². The highest BCUT2D eigenvalue weighted by molar-refractivity contribution is 5.66. The zero-order chi connectivity index (χ0) is 11.0. The third kappa shape index (κ3) is 5.94. The second-order valence-electron chi connectivity index (χ2n) is 3.31. The average Bonchev–Trinajstić information content (AvgIpc) is 2.12. The highest BCUT2D eigenvalue weighted by Gasteiger charge is 2.21. The fraction of sp³-hybridized carbons (Fsp3) is 0.900. The second kappa shape index (κ2) is 7.76. The molecule has 84 valence electrons. The predicted octanol–water partition coefficient (Wildman–Crippen LogP) is 1.12. The zero-order valence-corrected chi connectivity index (χ0v) is 9.16. The molecule has 0 fully saturated rings. The molecular weight excluding hydrogens is 184 g/mol. The molecule has 2 atom stereocenters. The van der Waals surface area contributed by atoms with Crippen molar-refractivity contribution < 1.29 is 19.4 Å². The smallest absolute Gasteiger partial charge is 0.302 e. The van der Waals surface area contributed by atoms with Gasteiger partial charge >= 0.3 is 5.97 Å². The van der Waals surface area contributed by atoms with E-state index in [9.17, 15) is 9.90 Å². The molecule has 2 unspecified atom stereocenters. The summed E-state index contributed by atoms with van der Waals surface area (Å²) in [7, 11) is 1.51. The van der Waals surface area contributed by atoms with Crippen LogP contribution in [0, 0.1) is 0 Å². The molecule has 0 aliphatic rings. The maximum absolute atomic E-state index is 10.8. The standard InChI is InChI=1S/C10H20O4/c1-4-5-6-10(14-8(2)11)9(12)7-13-3/h9-10,12H,4-7H2,1-3H3. The molecule has 0 saturated heterocycles. The van der Waals surface area contributed by atoms with Gasteiger partial charge in [-0.3, -0.25) is 4.79 Å². The maximum atomic E-state index is 10.8. The van der Waals surface area contributed by atoms with Crippen LogP contribution in [-0.4, -0.2) is 37.0 Å². The molecule has 4 heteroatoms. The van der Waals surface area contributed by atoms with Crippen molar-refractivity contribution >= 4 is 5.97 Å². The molecule has 0 aromatic carbocycles. The molecule has 0 rings (SSSR count). The van der Waals surface area contributed by atoms with Crippen molar-refractivity contribution in [1.29, 1.82) is 0 Å². The van der Waals surface area contributed by atoms with Gasteiger partial charge in [0.1, 0.15) is 12.2 Å².